The van der Waals surface area contributed by atoms with Gasteiger partial charge in [0.1, 0.15) is 0 Å². The zero-order chi connectivity index (χ0) is 30.8. The summed E-state index contributed by atoms with van der Waals surface area (Å²) in [5.41, 5.74) is 7.84. The number of aromatic nitrogens is 6. The van der Waals surface area contributed by atoms with Crippen LogP contribution in [0.5, 0.6) is 0 Å². The predicted octanol–water partition coefficient (Wildman–Crippen LogP) is 6.81. The summed E-state index contributed by atoms with van der Waals surface area (Å²) in [5, 5.41) is 2.80. The fraction of sp³-hybridized carbons (Fsp3) is 0.139. The first-order valence-electron chi connectivity index (χ1n) is 14.4. The Kier molecular flexibility index (Phi) is 14.8. The van der Waals surface area contributed by atoms with Crippen molar-refractivity contribution in [1.82, 2.24) is 35.2 Å². The van der Waals surface area contributed by atoms with Gasteiger partial charge in [0.15, 0.2) is 0 Å². The molecule has 6 aromatic heterocycles. The maximum atomic E-state index is 10.8. The minimum Gasteiger partial charge on any atom is -0.356 e. The molecule has 9 heteroatoms. The van der Waals surface area contributed by atoms with Crippen molar-refractivity contribution in [2.75, 3.05) is 6.54 Å². The second-order valence-corrected chi connectivity index (χ2v) is 9.71. The maximum Gasteiger partial charge on any atom is 0.216 e. The van der Waals surface area contributed by atoms with Gasteiger partial charge in [-0.1, -0.05) is 24.3 Å². The van der Waals surface area contributed by atoms with E-state index in [2.05, 4.69) is 41.3 Å². The number of carbonyl (C=O) groups is 1. The smallest absolute Gasteiger partial charge is 0.216 e. The number of hydrogen-bond acceptors (Lipinski definition) is 7. The molecule has 0 saturated heterocycles. The van der Waals surface area contributed by atoms with Gasteiger partial charge in [-0.15, -0.1) is 0 Å². The molecule has 0 bridgehead atoms. The van der Waals surface area contributed by atoms with Crippen LogP contribution in [0, 0.1) is 6.92 Å². The van der Waals surface area contributed by atoms with Crippen LogP contribution >= 0.6 is 0 Å². The van der Waals surface area contributed by atoms with Gasteiger partial charge in [-0.2, -0.15) is 0 Å². The van der Waals surface area contributed by atoms with Gasteiger partial charge in [0.05, 0.1) is 34.2 Å². The van der Waals surface area contributed by atoms with Gasteiger partial charge in [-0.3, -0.25) is 34.7 Å². The van der Waals surface area contributed by atoms with Crippen molar-refractivity contribution in [1.29, 1.82) is 0 Å². The summed E-state index contributed by atoms with van der Waals surface area (Å²) in [4.78, 5) is 36.3. The normalized spacial score (nSPS) is 9.73. The largest absolute Gasteiger partial charge is 0.356 e. The van der Waals surface area contributed by atoms with Crippen LogP contribution in [0.3, 0.4) is 0 Å². The molecule has 0 fully saturated rings. The topological polar surface area (TPSA) is 106 Å². The summed E-state index contributed by atoms with van der Waals surface area (Å²) in [7, 11) is 0. The van der Waals surface area contributed by atoms with Crippen LogP contribution in [-0.4, -0.2) is 42.4 Å². The molecule has 45 heavy (non-hydrogen) atoms. The van der Waals surface area contributed by atoms with Crippen LogP contribution in [0.2, 0.25) is 0 Å². The molecule has 6 heterocycles. The summed E-state index contributed by atoms with van der Waals surface area (Å²) in [6, 6.07) is 31.3. The third kappa shape index (κ3) is 12.3. The van der Waals surface area contributed by atoms with Gasteiger partial charge in [-0.05, 0) is 104 Å². The predicted molar refractivity (Wildman–Crippen MR) is 174 cm³/mol. The monoisotopic (exact) mass is 683 g/mol. The quantitative estimate of drug-likeness (QED) is 0.146. The molecule has 1 amide bonds. The van der Waals surface area contributed by atoms with E-state index in [1.165, 1.54) is 18.1 Å². The van der Waals surface area contributed by atoms with Crippen molar-refractivity contribution < 1.29 is 24.3 Å². The zero-order valence-corrected chi connectivity index (χ0v) is 27.0. The van der Waals surface area contributed by atoms with E-state index in [0.717, 1.165) is 47.0 Å². The van der Waals surface area contributed by atoms with E-state index in [4.69, 9.17) is 0 Å². The third-order valence-corrected chi connectivity index (χ3v) is 6.20. The van der Waals surface area contributed by atoms with E-state index >= 15 is 0 Å². The second kappa shape index (κ2) is 19.3. The average Bonchev–Trinajstić information content (AvgIpc) is 3.09. The molecule has 0 aliphatic carbocycles. The van der Waals surface area contributed by atoms with E-state index in [0.29, 0.717) is 6.54 Å². The fourth-order valence-electron chi connectivity index (χ4n) is 4.06. The molecule has 228 valence electrons. The van der Waals surface area contributed by atoms with Crippen LogP contribution in [-0.2, 0) is 30.7 Å². The van der Waals surface area contributed by atoms with Gasteiger partial charge < -0.3 is 5.32 Å². The molecule has 6 aromatic rings. The van der Waals surface area contributed by atoms with Crippen LogP contribution < -0.4 is 5.32 Å². The minimum atomic E-state index is 0. The molecule has 0 aromatic carbocycles. The summed E-state index contributed by atoms with van der Waals surface area (Å²) in [6.45, 7) is 4.28. The summed E-state index contributed by atoms with van der Waals surface area (Å²) in [6.07, 6.45) is 12.5. The van der Waals surface area contributed by atoms with Gasteiger partial charge >= 0.3 is 0 Å². The molecule has 0 spiro atoms. The second-order valence-electron chi connectivity index (χ2n) is 9.71. The fourth-order valence-corrected chi connectivity index (χ4v) is 4.06. The van der Waals surface area contributed by atoms with Crippen LogP contribution in [0.25, 0.3) is 34.2 Å². The minimum absolute atomic E-state index is 0. The van der Waals surface area contributed by atoms with E-state index in [1.807, 2.05) is 104 Å². The van der Waals surface area contributed by atoms with Gasteiger partial charge in [0, 0.05) is 70.1 Å². The third-order valence-electron chi connectivity index (χ3n) is 6.20. The number of carbonyl (C=O) groups excluding carboxylic acids is 1. The van der Waals surface area contributed by atoms with E-state index in [-0.39, 0.29) is 25.4 Å². The molecule has 0 saturated carbocycles. The summed E-state index contributed by atoms with van der Waals surface area (Å²) >= 11 is 0. The Morgan fingerprint density at radius 1 is 0.556 bits per heavy atom. The number of pyridine rings is 6. The molecule has 6 rings (SSSR count). The first-order chi connectivity index (χ1) is 21.6. The Morgan fingerprint density at radius 3 is 1.38 bits per heavy atom. The molecule has 0 unspecified atom stereocenters. The van der Waals surface area contributed by atoms with Crippen molar-refractivity contribution in [2.24, 2.45) is 0 Å². The number of amides is 1. The average molecular weight is 683 g/mol. The SMILES string of the molecule is CC(=O)NCCCc1ccnc(-c2cc(C)ccn2)c1.[Ru].c1ccc(-c2ccccn2)nc1.c1ccc(-c2ccccn2)nc1. The van der Waals surface area contributed by atoms with E-state index < -0.39 is 0 Å². The van der Waals surface area contributed by atoms with Crippen LogP contribution in [0.4, 0.5) is 0 Å². The van der Waals surface area contributed by atoms with Crippen molar-refractivity contribution >= 4 is 5.91 Å². The first kappa shape index (κ1) is 34.5. The number of rotatable bonds is 7. The Bertz CT molecular complexity index is 1540. The molecule has 0 aliphatic rings. The Hall–Kier alpha value is -5.01. The van der Waals surface area contributed by atoms with Crippen LogP contribution in [0.15, 0.2) is 134 Å². The molecular weight excluding hydrogens is 648 g/mol. The Morgan fingerprint density at radius 2 is 0.978 bits per heavy atom. The Balaban J connectivity index is 0.000000191. The summed E-state index contributed by atoms with van der Waals surface area (Å²) < 4.78 is 0. The van der Waals surface area contributed by atoms with E-state index in [1.54, 1.807) is 31.0 Å². The van der Waals surface area contributed by atoms with E-state index in [9.17, 15) is 4.79 Å². The number of hydrogen-bond donors (Lipinski definition) is 1. The van der Waals surface area contributed by atoms with Crippen molar-refractivity contribution in [3.8, 4) is 34.2 Å². The molecule has 0 aliphatic heterocycles. The van der Waals surface area contributed by atoms with Gasteiger partial charge in [0.2, 0.25) is 5.91 Å². The molecular formula is C36H35N7ORu. The Labute approximate surface area is 277 Å². The zero-order valence-electron chi connectivity index (χ0n) is 25.3. The first-order valence-corrected chi connectivity index (χ1v) is 14.4. The number of nitrogens with one attached hydrogen (secondary N) is 1. The summed E-state index contributed by atoms with van der Waals surface area (Å²) in [5.74, 6) is 0.0179. The molecule has 1 N–H and O–H groups in total. The molecule has 8 nitrogen and oxygen atoms in total. The standard InChI is InChI=1S/C16H19N3O.2C10H8N2.Ru/c1-12-5-8-18-15(10-12)16-11-14(6-9-19-16)4-3-7-17-13(2)20;2*1-3-7-11-9(5-1)10-6-2-4-8-12-10;/h5-6,8-11H,3-4,7H2,1-2H3,(H,17,20);2*1-8H;. The number of nitrogens with zero attached hydrogens (tertiary/aromatic N) is 6. The van der Waals surface area contributed by atoms with Gasteiger partial charge in [-0.25, -0.2) is 0 Å². The van der Waals surface area contributed by atoms with Crippen LogP contribution in [0.1, 0.15) is 24.5 Å². The van der Waals surface area contributed by atoms with Gasteiger partial charge in [0.25, 0.3) is 0 Å². The van der Waals surface area contributed by atoms with Crippen molar-refractivity contribution in [2.45, 2.75) is 26.7 Å². The maximum absolute atomic E-state index is 10.8. The van der Waals surface area contributed by atoms with Crippen molar-refractivity contribution in [3.05, 3.63) is 145 Å². The van der Waals surface area contributed by atoms with Crippen molar-refractivity contribution in [3.63, 3.8) is 0 Å². The number of aryl methyl sites for hydroxylation is 2. The molecule has 0 radical (unpaired) electrons. The molecule has 0 atom stereocenters.